The van der Waals surface area contributed by atoms with Crippen molar-refractivity contribution >= 4 is 0 Å². The molecule has 2 rings (SSSR count). The van der Waals surface area contributed by atoms with Gasteiger partial charge in [0.15, 0.2) is 0 Å². The Labute approximate surface area is 111 Å². The first kappa shape index (κ1) is 13.4. The van der Waals surface area contributed by atoms with Gasteiger partial charge in [0.2, 0.25) is 0 Å². The number of hydrogen-bond donors (Lipinski definition) is 1. The van der Waals surface area contributed by atoms with Crippen molar-refractivity contribution in [3.05, 3.63) is 29.8 Å². The summed E-state index contributed by atoms with van der Waals surface area (Å²) >= 11 is 0. The van der Waals surface area contributed by atoms with Gasteiger partial charge >= 0.3 is 0 Å². The van der Waals surface area contributed by atoms with Crippen LogP contribution in [0.15, 0.2) is 24.3 Å². The Morgan fingerprint density at radius 3 is 2.67 bits per heavy atom. The van der Waals surface area contributed by atoms with Crippen LogP contribution in [-0.2, 0) is 6.42 Å². The molecule has 1 aromatic rings. The largest absolute Gasteiger partial charge is 0.497 e. The topological polar surface area (TPSA) is 35.2 Å². The van der Waals surface area contributed by atoms with E-state index in [1.54, 1.807) is 7.11 Å². The van der Waals surface area contributed by atoms with Gasteiger partial charge in [-0.25, -0.2) is 0 Å². The van der Waals surface area contributed by atoms with E-state index in [0.29, 0.717) is 5.41 Å². The highest BCUT2D eigenvalue weighted by Crippen LogP contribution is 2.40. The Kier molecular flexibility index (Phi) is 4.28. The number of ether oxygens (including phenoxy) is 1. The number of hydrogen-bond acceptors (Lipinski definition) is 2. The van der Waals surface area contributed by atoms with E-state index in [9.17, 15) is 0 Å². The fourth-order valence-corrected chi connectivity index (χ4v) is 3.04. The molecule has 0 aromatic heterocycles. The van der Waals surface area contributed by atoms with Gasteiger partial charge in [-0.05, 0) is 54.8 Å². The van der Waals surface area contributed by atoms with Gasteiger partial charge in [0.05, 0.1) is 7.11 Å². The summed E-state index contributed by atoms with van der Waals surface area (Å²) in [7, 11) is 1.72. The minimum absolute atomic E-state index is 0.318. The first-order chi connectivity index (χ1) is 8.67. The van der Waals surface area contributed by atoms with E-state index < -0.39 is 0 Å². The second-order valence-corrected chi connectivity index (χ2v) is 5.91. The summed E-state index contributed by atoms with van der Waals surface area (Å²) in [5.74, 6) is 1.82. The molecule has 0 atom stereocenters. The lowest BCUT2D eigenvalue weighted by Crippen LogP contribution is -2.36. The SMILES string of the molecule is COc1cccc(CC2(CN)CCC(C)CC2)c1. The standard InChI is InChI=1S/C16H25NO/c1-13-6-8-16(12-17,9-7-13)11-14-4-3-5-15(10-14)18-2/h3-5,10,13H,6-9,11-12,17H2,1-2H3. The maximum atomic E-state index is 6.07. The number of rotatable bonds is 4. The van der Waals surface area contributed by atoms with Crippen molar-refractivity contribution in [3.63, 3.8) is 0 Å². The molecule has 1 aliphatic carbocycles. The summed E-state index contributed by atoms with van der Waals surface area (Å²) in [6.07, 6.45) is 6.26. The summed E-state index contributed by atoms with van der Waals surface area (Å²) < 4.78 is 5.30. The van der Waals surface area contributed by atoms with Gasteiger partial charge in [-0.1, -0.05) is 31.9 Å². The first-order valence-electron chi connectivity index (χ1n) is 7.00. The molecule has 0 radical (unpaired) electrons. The van der Waals surface area contributed by atoms with E-state index >= 15 is 0 Å². The van der Waals surface area contributed by atoms with Crippen LogP contribution in [0, 0.1) is 11.3 Å². The second-order valence-electron chi connectivity index (χ2n) is 5.91. The zero-order valence-electron chi connectivity index (χ0n) is 11.6. The van der Waals surface area contributed by atoms with Crippen molar-refractivity contribution in [1.82, 2.24) is 0 Å². The third-order valence-electron chi connectivity index (χ3n) is 4.48. The molecule has 18 heavy (non-hydrogen) atoms. The Morgan fingerprint density at radius 1 is 1.33 bits per heavy atom. The van der Waals surface area contributed by atoms with Gasteiger partial charge in [-0.3, -0.25) is 0 Å². The highest BCUT2D eigenvalue weighted by atomic mass is 16.5. The van der Waals surface area contributed by atoms with E-state index in [4.69, 9.17) is 10.5 Å². The third-order valence-corrected chi connectivity index (χ3v) is 4.48. The maximum Gasteiger partial charge on any atom is 0.119 e. The summed E-state index contributed by atoms with van der Waals surface area (Å²) in [5, 5.41) is 0. The molecule has 2 N–H and O–H groups in total. The average molecular weight is 247 g/mol. The van der Waals surface area contributed by atoms with Crippen molar-refractivity contribution in [2.75, 3.05) is 13.7 Å². The molecule has 0 unspecified atom stereocenters. The molecule has 0 saturated heterocycles. The predicted molar refractivity (Wildman–Crippen MR) is 75.8 cm³/mol. The molecule has 0 bridgehead atoms. The molecule has 1 aliphatic rings. The normalized spacial score (nSPS) is 28.1. The minimum atomic E-state index is 0.318. The van der Waals surface area contributed by atoms with Gasteiger partial charge in [0, 0.05) is 0 Å². The molecule has 100 valence electrons. The lowest BCUT2D eigenvalue weighted by Gasteiger charge is -2.39. The van der Waals surface area contributed by atoms with Crippen LogP contribution in [-0.4, -0.2) is 13.7 Å². The molecular weight excluding hydrogens is 222 g/mol. The maximum absolute atomic E-state index is 6.07. The van der Waals surface area contributed by atoms with E-state index in [1.807, 2.05) is 6.07 Å². The summed E-state index contributed by atoms with van der Waals surface area (Å²) in [6.45, 7) is 3.16. The molecule has 0 aliphatic heterocycles. The van der Waals surface area contributed by atoms with Crippen LogP contribution < -0.4 is 10.5 Å². The minimum Gasteiger partial charge on any atom is -0.497 e. The lowest BCUT2D eigenvalue weighted by molar-refractivity contribution is 0.163. The Hall–Kier alpha value is -1.02. The van der Waals surface area contributed by atoms with Gasteiger partial charge in [0.25, 0.3) is 0 Å². The number of nitrogens with two attached hydrogens (primary N) is 1. The first-order valence-corrected chi connectivity index (χ1v) is 7.00. The highest BCUT2D eigenvalue weighted by Gasteiger charge is 2.32. The molecule has 1 saturated carbocycles. The molecular formula is C16H25NO. The second kappa shape index (κ2) is 5.75. The van der Waals surface area contributed by atoms with Crippen molar-refractivity contribution in [1.29, 1.82) is 0 Å². The fourth-order valence-electron chi connectivity index (χ4n) is 3.04. The smallest absolute Gasteiger partial charge is 0.119 e. The van der Waals surface area contributed by atoms with Crippen LogP contribution in [0.2, 0.25) is 0 Å². The van der Waals surface area contributed by atoms with Crippen LogP contribution >= 0.6 is 0 Å². The molecule has 1 aromatic carbocycles. The summed E-state index contributed by atoms with van der Waals surface area (Å²) in [4.78, 5) is 0. The highest BCUT2D eigenvalue weighted by molar-refractivity contribution is 5.29. The third kappa shape index (κ3) is 3.05. The van der Waals surface area contributed by atoms with Crippen molar-refractivity contribution < 1.29 is 4.74 Å². The summed E-state index contributed by atoms with van der Waals surface area (Å²) in [6, 6.07) is 8.42. The van der Waals surface area contributed by atoms with Crippen molar-refractivity contribution in [3.8, 4) is 5.75 Å². The molecule has 2 nitrogen and oxygen atoms in total. The van der Waals surface area contributed by atoms with E-state index in [-0.39, 0.29) is 0 Å². The summed E-state index contributed by atoms with van der Waals surface area (Å²) in [5.41, 5.74) is 7.75. The average Bonchev–Trinajstić information content (AvgIpc) is 2.42. The Bertz CT molecular complexity index is 380. The van der Waals surface area contributed by atoms with E-state index in [1.165, 1.54) is 31.2 Å². The van der Waals surface area contributed by atoms with Crippen molar-refractivity contribution in [2.45, 2.75) is 39.0 Å². The van der Waals surface area contributed by atoms with E-state index in [2.05, 4.69) is 25.1 Å². The Morgan fingerprint density at radius 2 is 2.06 bits per heavy atom. The van der Waals surface area contributed by atoms with Gasteiger partial charge in [0.1, 0.15) is 5.75 Å². The fraction of sp³-hybridized carbons (Fsp3) is 0.625. The Balaban J connectivity index is 2.09. The quantitative estimate of drug-likeness (QED) is 0.885. The van der Waals surface area contributed by atoms with E-state index in [0.717, 1.165) is 24.6 Å². The lowest BCUT2D eigenvalue weighted by atomic mass is 9.68. The monoisotopic (exact) mass is 247 g/mol. The van der Waals surface area contributed by atoms with Crippen molar-refractivity contribution in [2.24, 2.45) is 17.1 Å². The number of methoxy groups -OCH3 is 1. The van der Waals surface area contributed by atoms with Gasteiger partial charge in [-0.2, -0.15) is 0 Å². The zero-order chi connectivity index (χ0) is 13.0. The number of benzene rings is 1. The van der Waals surface area contributed by atoms with Crippen LogP contribution in [0.4, 0.5) is 0 Å². The molecule has 2 heteroatoms. The van der Waals surface area contributed by atoms with Gasteiger partial charge < -0.3 is 10.5 Å². The zero-order valence-corrected chi connectivity index (χ0v) is 11.6. The van der Waals surface area contributed by atoms with Gasteiger partial charge in [-0.15, -0.1) is 0 Å². The van der Waals surface area contributed by atoms with Crippen LogP contribution in [0.3, 0.4) is 0 Å². The molecule has 1 fully saturated rings. The molecule has 0 spiro atoms. The predicted octanol–water partition coefficient (Wildman–Crippen LogP) is 3.39. The molecule has 0 heterocycles. The van der Waals surface area contributed by atoms with Crippen LogP contribution in [0.1, 0.15) is 38.2 Å². The van der Waals surface area contributed by atoms with Crippen LogP contribution in [0.25, 0.3) is 0 Å². The molecule has 0 amide bonds. The van der Waals surface area contributed by atoms with Crippen LogP contribution in [0.5, 0.6) is 5.75 Å².